The summed E-state index contributed by atoms with van der Waals surface area (Å²) in [5, 5.41) is 1.13. The lowest BCUT2D eigenvalue weighted by atomic mass is 9.80. The number of anilines is 1. The van der Waals surface area contributed by atoms with Gasteiger partial charge < -0.3 is 4.74 Å². The van der Waals surface area contributed by atoms with Gasteiger partial charge in [0.15, 0.2) is 0 Å². The average molecular weight is 497 g/mol. The van der Waals surface area contributed by atoms with Gasteiger partial charge in [0.2, 0.25) is 5.95 Å². The molecule has 0 spiro atoms. The molecular formula is C24H21ClN4O4S. The molecule has 0 aliphatic heterocycles. The van der Waals surface area contributed by atoms with E-state index in [9.17, 15) is 13.2 Å². The Balaban J connectivity index is 1.61. The number of methoxy groups -OCH3 is 1. The lowest BCUT2D eigenvalue weighted by molar-refractivity contribution is 0.401. The monoisotopic (exact) mass is 496 g/mol. The van der Waals surface area contributed by atoms with Crippen LogP contribution in [0.3, 0.4) is 0 Å². The predicted octanol–water partition coefficient (Wildman–Crippen LogP) is 4.51. The number of fused-ring (bicyclic) bond motifs is 1. The fourth-order valence-electron chi connectivity index (χ4n) is 4.10. The normalized spacial score (nSPS) is 14.1. The Bertz CT molecular complexity index is 1550. The molecule has 5 rings (SSSR count). The van der Waals surface area contributed by atoms with Gasteiger partial charge in [-0.2, -0.15) is 0 Å². The third kappa shape index (κ3) is 4.01. The average Bonchev–Trinajstić information content (AvgIpc) is 2.79. The first-order chi connectivity index (χ1) is 16.4. The molecule has 8 nitrogen and oxygen atoms in total. The van der Waals surface area contributed by atoms with Gasteiger partial charge >= 0.3 is 0 Å². The van der Waals surface area contributed by atoms with Crippen molar-refractivity contribution in [2.75, 3.05) is 11.8 Å². The van der Waals surface area contributed by atoms with E-state index in [-0.39, 0.29) is 16.4 Å². The first-order valence-electron chi connectivity index (χ1n) is 10.7. The van der Waals surface area contributed by atoms with Crippen LogP contribution < -0.4 is 15.0 Å². The van der Waals surface area contributed by atoms with Crippen LogP contribution in [0.15, 0.2) is 70.6 Å². The van der Waals surface area contributed by atoms with E-state index in [4.69, 9.17) is 16.3 Å². The summed E-state index contributed by atoms with van der Waals surface area (Å²) in [7, 11) is -2.38. The highest BCUT2D eigenvalue weighted by Crippen LogP contribution is 2.43. The maximum absolute atomic E-state index is 12.9. The van der Waals surface area contributed by atoms with E-state index in [1.54, 1.807) is 31.4 Å². The fraction of sp³-hybridized carbons (Fsp3) is 0.208. The molecule has 34 heavy (non-hydrogen) atoms. The number of nitrogens with zero attached hydrogens (tertiary/aromatic N) is 3. The highest BCUT2D eigenvalue weighted by molar-refractivity contribution is 7.92. The number of ether oxygens (including phenoxy) is 1. The van der Waals surface area contributed by atoms with Crippen molar-refractivity contribution in [2.24, 2.45) is 0 Å². The van der Waals surface area contributed by atoms with Crippen LogP contribution in [0.5, 0.6) is 5.75 Å². The van der Waals surface area contributed by atoms with Crippen molar-refractivity contribution in [3.8, 4) is 11.4 Å². The number of pyridine rings is 1. The third-order valence-electron chi connectivity index (χ3n) is 6.05. The van der Waals surface area contributed by atoms with E-state index in [0.29, 0.717) is 33.3 Å². The second kappa shape index (κ2) is 8.73. The Kier molecular flexibility index (Phi) is 5.75. The van der Waals surface area contributed by atoms with Gasteiger partial charge in [-0.1, -0.05) is 18.0 Å². The Morgan fingerprint density at radius 1 is 1.09 bits per heavy atom. The van der Waals surface area contributed by atoms with E-state index in [2.05, 4.69) is 14.7 Å². The molecule has 2 aromatic carbocycles. The topological polar surface area (TPSA) is 103 Å². The van der Waals surface area contributed by atoms with Crippen molar-refractivity contribution in [1.29, 1.82) is 0 Å². The molecule has 1 fully saturated rings. The molecule has 10 heteroatoms. The standard InChI is InChI=1S/C24H21ClN4O4S/c1-33-22-13-18(15-4-2-5-15)19(25)14-21(22)29-20-8-7-17(12-16(20)6-9-23(29)30)34(31,32)28-24-26-10-3-11-27-24/h3,6-15H,2,4-5H2,1H3,(H,26,27,28). The quantitative estimate of drug-likeness (QED) is 0.421. The summed E-state index contributed by atoms with van der Waals surface area (Å²) in [6.07, 6.45) is 6.22. The summed E-state index contributed by atoms with van der Waals surface area (Å²) in [4.78, 5) is 20.8. The van der Waals surface area contributed by atoms with Crippen LogP contribution in [0.1, 0.15) is 30.7 Å². The molecule has 2 heterocycles. The molecule has 1 saturated carbocycles. The van der Waals surface area contributed by atoms with Crippen molar-refractivity contribution < 1.29 is 13.2 Å². The molecule has 0 unspecified atom stereocenters. The van der Waals surface area contributed by atoms with Gasteiger partial charge in [-0.15, -0.1) is 0 Å². The second-order valence-corrected chi connectivity index (χ2v) is 10.2. The number of hydrogen-bond donors (Lipinski definition) is 1. The molecule has 0 bridgehead atoms. The smallest absolute Gasteiger partial charge is 0.264 e. The maximum Gasteiger partial charge on any atom is 0.264 e. The fourth-order valence-corrected chi connectivity index (χ4v) is 5.40. The van der Waals surface area contributed by atoms with Gasteiger partial charge in [-0.25, -0.2) is 23.1 Å². The molecular weight excluding hydrogens is 476 g/mol. The predicted molar refractivity (Wildman–Crippen MR) is 131 cm³/mol. The number of hydrogen-bond acceptors (Lipinski definition) is 6. The van der Waals surface area contributed by atoms with Crippen LogP contribution in [0.2, 0.25) is 5.02 Å². The highest BCUT2D eigenvalue weighted by Gasteiger charge is 2.25. The largest absolute Gasteiger partial charge is 0.495 e. The van der Waals surface area contributed by atoms with Crippen LogP contribution in [0, 0.1) is 0 Å². The molecule has 1 aliphatic rings. The number of benzene rings is 2. The van der Waals surface area contributed by atoms with Crippen molar-refractivity contribution in [3.63, 3.8) is 0 Å². The first kappa shape index (κ1) is 22.4. The van der Waals surface area contributed by atoms with Crippen LogP contribution in [-0.2, 0) is 10.0 Å². The SMILES string of the molecule is COc1cc(C2CCC2)c(Cl)cc1-n1c(=O)ccc2cc(S(=O)(=O)Nc3ncccn3)ccc21. The van der Waals surface area contributed by atoms with Crippen molar-refractivity contribution in [2.45, 2.75) is 30.1 Å². The van der Waals surface area contributed by atoms with E-state index in [1.165, 1.54) is 41.6 Å². The zero-order valence-electron chi connectivity index (χ0n) is 18.2. The van der Waals surface area contributed by atoms with Gasteiger partial charge in [-0.05, 0) is 66.8 Å². The molecule has 0 amide bonds. The lowest BCUT2D eigenvalue weighted by Gasteiger charge is -2.27. The molecule has 1 N–H and O–H groups in total. The van der Waals surface area contributed by atoms with Gasteiger partial charge in [0.1, 0.15) is 5.75 Å². The van der Waals surface area contributed by atoms with E-state index in [1.807, 2.05) is 6.07 Å². The van der Waals surface area contributed by atoms with Gasteiger partial charge in [0.05, 0.1) is 23.2 Å². The summed E-state index contributed by atoms with van der Waals surface area (Å²) >= 11 is 6.61. The van der Waals surface area contributed by atoms with E-state index in [0.717, 1.165) is 18.4 Å². The van der Waals surface area contributed by atoms with Crippen LogP contribution in [0.25, 0.3) is 16.6 Å². The Morgan fingerprint density at radius 3 is 2.53 bits per heavy atom. The highest BCUT2D eigenvalue weighted by atomic mass is 35.5. The van der Waals surface area contributed by atoms with E-state index >= 15 is 0 Å². The number of rotatable bonds is 6. The molecule has 0 atom stereocenters. The summed E-state index contributed by atoms with van der Waals surface area (Å²) in [5.74, 6) is 0.896. The second-order valence-electron chi connectivity index (χ2n) is 8.08. The Morgan fingerprint density at radius 2 is 1.85 bits per heavy atom. The van der Waals surface area contributed by atoms with Crippen LogP contribution in [0.4, 0.5) is 5.95 Å². The van der Waals surface area contributed by atoms with Gasteiger partial charge in [0, 0.05) is 28.9 Å². The number of halogens is 1. The van der Waals surface area contributed by atoms with Gasteiger partial charge in [0.25, 0.3) is 15.6 Å². The number of nitrogens with one attached hydrogen (secondary N) is 1. The minimum atomic E-state index is -3.93. The number of sulfonamides is 1. The van der Waals surface area contributed by atoms with Gasteiger partial charge in [-0.3, -0.25) is 9.36 Å². The molecule has 4 aromatic rings. The van der Waals surface area contributed by atoms with Crippen molar-refractivity contribution >= 4 is 38.5 Å². The molecule has 174 valence electrons. The zero-order chi connectivity index (χ0) is 23.9. The number of aromatic nitrogens is 3. The van der Waals surface area contributed by atoms with Crippen LogP contribution >= 0.6 is 11.6 Å². The summed E-state index contributed by atoms with van der Waals surface area (Å²) in [6.45, 7) is 0. The van der Waals surface area contributed by atoms with Crippen LogP contribution in [-0.4, -0.2) is 30.1 Å². The molecule has 0 saturated heterocycles. The molecule has 1 aliphatic carbocycles. The summed E-state index contributed by atoms with van der Waals surface area (Å²) in [5.41, 5.74) is 1.75. The minimum absolute atomic E-state index is 0.0166. The molecule has 0 radical (unpaired) electrons. The Hall–Kier alpha value is -3.43. The Labute approximate surface area is 201 Å². The summed E-state index contributed by atoms with van der Waals surface area (Å²) in [6, 6.07) is 12.7. The van der Waals surface area contributed by atoms with Crippen molar-refractivity contribution in [1.82, 2.24) is 14.5 Å². The first-order valence-corrected chi connectivity index (χ1v) is 12.6. The third-order valence-corrected chi connectivity index (χ3v) is 7.70. The minimum Gasteiger partial charge on any atom is -0.495 e. The zero-order valence-corrected chi connectivity index (χ0v) is 19.8. The van der Waals surface area contributed by atoms with E-state index < -0.39 is 10.0 Å². The lowest BCUT2D eigenvalue weighted by Crippen LogP contribution is -2.19. The summed E-state index contributed by atoms with van der Waals surface area (Å²) < 4.78 is 35.2. The molecule has 2 aromatic heterocycles. The van der Waals surface area contributed by atoms with Crippen molar-refractivity contribution in [3.05, 3.63) is 81.9 Å². The maximum atomic E-state index is 12.9.